The molecular formula is C19H13FN2OS. The first kappa shape index (κ1) is 14.8. The number of aryl methyl sites for hydroxylation is 1. The van der Waals surface area contributed by atoms with Gasteiger partial charge in [0, 0.05) is 10.4 Å². The van der Waals surface area contributed by atoms with Crippen LogP contribution in [-0.4, -0.2) is 15.7 Å². The summed E-state index contributed by atoms with van der Waals surface area (Å²) in [6.45, 7) is 1.98. The first-order chi connectivity index (χ1) is 11.7. The van der Waals surface area contributed by atoms with E-state index in [0.29, 0.717) is 11.4 Å². The van der Waals surface area contributed by atoms with Gasteiger partial charge in [-0.2, -0.15) is 0 Å². The molecule has 4 rings (SSSR count). The van der Waals surface area contributed by atoms with Gasteiger partial charge in [-0.25, -0.2) is 9.37 Å². The second kappa shape index (κ2) is 5.69. The number of hydrogen-bond acceptors (Lipinski definition) is 3. The summed E-state index contributed by atoms with van der Waals surface area (Å²) in [5.74, 6) is -0.283. The van der Waals surface area contributed by atoms with E-state index in [2.05, 4.69) is 4.98 Å². The minimum Gasteiger partial charge on any atom is -0.296 e. The molecule has 0 N–H and O–H groups in total. The van der Waals surface area contributed by atoms with Crippen molar-refractivity contribution in [1.29, 1.82) is 0 Å². The fraction of sp³-hybridized carbons (Fsp3) is 0.0526. The third-order valence-electron chi connectivity index (χ3n) is 3.96. The molecule has 0 amide bonds. The summed E-state index contributed by atoms with van der Waals surface area (Å²) in [5.41, 5.74) is 3.82. The minimum atomic E-state index is -0.283. The van der Waals surface area contributed by atoms with Gasteiger partial charge in [-0.05, 0) is 36.8 Å². The van der Waals surface area contributed by atoms with Crippen molar-refractivity contribution in [3.63, 3.8) is 0 Å². The zero-order valence-corrected chi connectivity index (χ0v) is 13.7. The van der Waals surface area contributed by atoms with Crippen LogP contribution in [0.2, 0.25) is 0 Å². The fourth-order valence-electron chi connectivity index (χ4n) is 2.90. The molecule has 5 heteroatoms. The van der Waals surface area contributed by atoms with Gasteiger partial charge >= 0.3 is 0 Å². The predicted octanol–water partition coefficient (Wildman–Crippen LogP) is 4.99. The highest BCUT2D eigenvalue weighted by Gasteiger charge is 2.20. The highest BCUT2D eigenvalue weighted by molar-refractivity contribution is 7.17. The van der Waals surface area contributed by atoms with Gasteiger partial charge in [-0.15, -0.1) is 11.3 Å². The number of carbonyl (C=O) groups excluding carboxylic acids is 1. The molecule has 0 aliphatic heterocycles. The molecule has 24 heavy (non-hydrogen) atoms. The Hall–Kier alpha value is -2.79. The van der Waals surface area contributed by atoms with Crippen molar-refractivity contribution in [2.75, 3.05) is 0 Å². The number of aldehydes is 1. The molecule has 0 aliphatic rings. The molecule has 118 valence electrons. The summed E-state index contributed by atoms with van der Waals surface area (Å²) < 4.78 is 15.1. The van der Waals surface area contributed by atoms with Crippen molar-refractivity contribution < 1.29 is 9.18 Å². The van der Waals surface area contributed by atoms with Gasteiger partial charge in [0.15, 0.2) is 11.2 Å². The molecule has 3 nitrogen and oxygen atoms in total. The molecule has 2 aromatic carbocycles. The Labute approximate surface area is 142 Å². The Morgan fingerprint density at radius 1 is 1.04 bits per heavy atom. The van der Waals surface area contributed by atoms with Gasteiger partial charge in [0.05, 0.1) is 5.69 Å². The average Bonchev–Trinajstić information content (AvgIpc) is 3.11. The van der Waals surface area contributed by atoms with Crippen molar-refractivity contribution in [3.05, 3.63) is 71.0 Å². The molecule has 2 heterocycles. The second-order valence-electron chi connectivity index (χ2n) is 5.46. The minimum absolute atomic E-state index is 0.283. The smallest absolute Gasteiger partial charge is 0.195 e. The van der Waals surface area contributed by atoms with Crippen LogP contribution in [0.5, 0.6) is 0 Å². The predicted molar refractivity (Wildman–Crippen MR) is 94.0 cm³/mol. The SMILES string of the molecule is Cc1sc2nc(-c3ccccc3)c(C=O)n2c1-c1ccc(F)cc1. The number of nitrogens with zero attached hydrogens (tertiary/aromatic N) is 2. The van der Waals surface area contributed by atoms with Crippen LogP contribution in [0.3, 0.4) is 0 Å². The van der Waals surface area contributed by atoms with Gasteiger partial charge in [0.2, 0.25) is 0 Å². The summed E-state index contributed by atoms with van der Waals surface area (Å²) in [7, 11) is 0. The third-order valence-corrected chi connectivity index (χ3v) is 4.92. The lowest BCUT2D eigenvalue weighted by atomic mass is 10.1. The summed E-state index contributed by atoms with van der Waals surface area (Å²) in [6.07, 6.45) is 0.835. The monoisotopic (exact) mass is 336 g/mol. The lowest BCUT2D eigenvalue weighted by Gasteiger charge is -2.04. The van der Waals surface area contributed by atoms with Gasteiger partial charge in [-0.1, -0.05) is 30.3 Å². The number of fused-ring (bicyclic) bond motifs is 1. The van der Waals surface area contributed by atoms with Gasteiger partial charge in [0.25, 0.3) is 0 Å². The molecule has 4 aromatic rings. The van der Waals surface area contributed by atoms with Crippen molar-refractivity contribution in [1.82, 2.24) is 9.38 Å². The largest absolute Gasteiger partial charge is 0.296 e. The third kappa shape index (κ3) is 2.25. The maximum Gasteiger partial charge on any atom is 0.195 e. The summed E-state index contributed by atoms with van der Waals surface area (Å²) in [5, 5.41) is 0. The van der Waals surface area contributed by atoms with Crippen LogP contribution >= 0.6 is 11.3 Å². The topological polar surface area (TPSA) is 34.4 Å². The van der Waals surface area contributed by atoms with E-state index in [1.807, 2.05) is 41.7 Å². The van der Waals surface area contributed by atoms with E-state index in [4.69, 9.17) is 0 Å². The zero-order chi connectivity index (χ0) is 16.7. The molecule has 0 unspecified atom stereocenters. The van der Waals surface area contributed by atoms with Crippen LogP contribution in [0.15, 0.2) is 54.6 Å². The Morgan fingerprint density at radius 2 is 1.75 bits per heavy atom. The molecule has 2 aromatic heterocycles. The van der Waals surface area contributed by atoms with Crippen LogP contribution in [0.1, 0.15) is 15.4 Å². The van der Waals surface area contributed by atoms with E-state index in [1.54, 1.807) is 12.1 Å². The first-order valence-electron chi connectivity index (χ1n) is 7.47. The van der Waals surface area contributed by atoms with E-state index >= 15 is 0 Å². The Balaban J connectivity index is 2.02. The van der Waals surface area contributed by atoms with E-state index < -0.39 is 0 Å². The van der Waals surface area contributed by atoms with Gasteiger partial charge in [0.1, 0.15) is 17.2 Å². The summed E-state index contributed by atoms with van der Waals surface area (Å²) in [4.78, 5) is 18.3. The molecule has 0 spiro atoms. The molecule has 0 aliphatic carbocycles. The number of halogens is 1. The van der Waals surface area contributed by atoms with E-state index in [-0.39, 0.29) is 5.82 Å². The van der Waals surface area contributed by atoms with Crippen molar-refractivity contribution in [2.45, 2.75) is 6.92 Å². The van der Waals surface area contributed by atoms with Crippen molar-refractivity contribution in [3.8, 4) is 22.5 Å². The second-order valence-corrected chi connectivity index (χ2v) is 6.64. The molecule has 0 saturated heterocycles. The lowest BCUT2D eigenvalue weighted by Crippen LogP contribution is -1.95. The number of aromatic nitrogens is 2. The number of imidazole rings is 1. The summed E-state index contributed by atoms with van der Waals surface area (Å²) in [6, 6.07) is 15.9. The quantitative estimate of drug-likeness (QED) is 0.494. The van der Waals surface area contributed by atoms with Crippen LogP contribution in [-0.2, 0) is 0 Å². The lowest BCUT2D eigenvalue weighted by molar-refractivity contribution is 0.111. The molecule has 0 radical (unpaired) electrons. The highest BCUT2D eigenvalue weighted by Crippen LogP contribution is 2.35. The fourth-order valence-corrected chi connectivity index (χ4v) is 3.89. The number of benzene rings is 2. The van der Waals surface area contributed by atoms with Gasteiger partial charge in [-0.3, -0.25) is 9.20 Å². The molecular weight excluding hydrogens is 323 g/mol. The standard InChI is InChI=1S/C19H13FN2OS/c1-12-18(14-7-9-15(20)10-8-14)22-16(11-23)17(21-19(22)24-12)13-5-3-2-4-6-13/h2-11H,1H3. The Kier molecular flexibility index (Phi) is 3.50. The maximum atomic E-state index is 13.2. The highest BCUT2D eigenvalue weighted by atomic mass is 32.1. The van der Waals surface area contributed by atoms with Gasteiger partial charge < -0.3 is 0 Å². The summed E-state index contributed by atoms with van der Waals surface area (Å²) >= 11 is 1.52. The molecule has 0 bridgehead atoms. The van der Waals surface area contributed by atoms with Crippen molar-refractivity contribution >= 4 is 22.6 Å². The van der Waals surface area contributed by atoms with Crippen molar-refractivity contribution in [2.24, 2.45) is 0 Å². The molecule has 0 atom stereocenters. The number of thiazole rings is 1. The van der Waals surface area contributed by atoms with Crippen LogP contribution in [0.25, 0.3) is 27.5 Å². The zero-order valence-electron chi connectivity index (χ0n) is 12.9. The van der Waals surface area contributed by atoms with Crippen LogP contribution in [0.4, 0.5) is 4.39 Å². The number of carbonyl (C=O) groups is 1. The Bertz CT molecular complexity index is 1030. The van der Waals surface area contributed by atoms with E-state index in [1.165, 1.54) is 23.5 Å². The van der Waals surface area contributed by atoms with Crippen LogP contribution in [0, 0.1) is 12.7 Å². The average molecular weight is 336 g/mol. The Morgan fingerprint density at radius 3 is 2.42 bits per heavy atom. The normalized spacial score (nSPS) is 11.1. The molecule has 0 saturated carbocycles. The first-order valence-corrected chi connectivity index (χ1v) is 8.29. The van der Waals surface area contributed by atoms with E-state index in [9.17, 15) is 9.18 Å². The number of rotatable bonds is 3. The van der Waals surface area contributed by atoms with E-state index in [0.717, 1.165) is 32.9 Å². The molecule has 0 fully saturated rings. The number of hydrogen-bond donors (Lipinski definition) is 0. The maximum absolute atomic E-state index is 13.2. The van der Waals surface area contributed by atoms with Crippen LogP contribution < -0.4 is 0 Å².